The van der Waals surface area contributed by atoms with Crippen molar-refractivity contribution >= 4 is 0 Å². The van der Waals surface area contributed by atoms with Gasteiger partial charge in [0, 0.05) is 32.2 Å². The Bertz CT molecular complexity index is 148. The third-order valence-corrected chi connectivity index (χ3v) is 3.14. The first-order valence-corrected chi connectivity index (χ1v) is 6.48. The summed E-state index contributed by atoms with van der Waals surface area (Å²) in [6.07, 6.45) is 3.91. The van der Waals surface area contributed by atoms with Gasteiger partial charge in [-0.05, 0) is 31.1 Å². The summed E-state index contributed by atoms with van der Waals surface area (Å²) < 4.78 is 0. The summed E-state index contributed by atoms with van der Waals surface area (Å²) in [4.78, 5) is 0. The van der Waals surface area contributed by atoms with Gasteiger partial charge in [0.15, 0.2) is 0 Å². The molecule has 0 heterocycles. The van der Waals surface area contributed by atoms with Crippen molar-refractivity contribution in [2.75, 3.05) is 26.2 Å². The van der Waals surface area contributed by atoms with Gasteiger partial charge in [0.05, 0.1) is 0 Å². The van der Waals surface area contributed by atoms with Gasteiger partial charge in [0.25, 0.3) is 0 Å². The number of hydrogen-bond acceptors (Lipinski definition) is 4. The molecule has 3 atom stereocenters. The van der Waals surface area contributed by atoms with E-state index >= 15 is 0 Å². The van der Waals surface area contributed by atoms with E-state index in [2.05, 4.69) is 19.2 Å². The maximum Gasteiger partial charge on any atom is 0.00750 e. The van der Waals surface area contributed by atoms with Crippen LogP contribution in [-0.2, 0) is 0 Å². The van der Waals surface area contributed by atoms with E-state index in [4.69, 9.17) is 17.2 Å². The molecule has 0 spiro atoms. The standard InChI is InChI=1S/C8H17N.C4H13N3/c1-6-3-4-8(9)7(2)5-6;5-1-3-7-4-2-6/h6-8H,3-5,9H2,1-2H3;7H,1-6H2. The summed E-state index contributed by atoms with van der Waals surface area (Å²) >= 11 is 0. The van der Waals surface area contributed by atoms with Crippen LogP contribution < -0.4 is 22.5 Å². The Hall–Kier alpha value is -0.160. The molecule has 1 fully saturated rings. The second-order valence-electron chi connectivity index (χ2n) is 4.89. The summed E-state index contributed by atoms with van der Waals surface area (Å²) in [5, 5.41) is 3.03. The highest BCUT2D eigenvalue weighted by atomic mass is 14.9. The zero-order valence-electron chi connectivity index (χ0n) is 10.9. The predicted molar refractivity (Wildman–Crippen MR) is 71.1 cm³/mol. The third kappa shape index (κ3) is 8.05. The van der Waals surface area contributed by atoms with E-state index in [1.54, 1.807) is 0 Å². The van der Waals surface area contributed by atoms with Crippen molar-refractivity contribution in [3.63, 3.8) is 0 Å². The molecule has 0 aromatic rings. The summed E-state index contributed by atoms with van der Waals surface area (Å²) in [6, 6.07) is 0.487. The first-order chi connectivity index (χ1) is 7.61. The topological polar surface area (TPSA) is 90.1 Å². The highest BCUT2D eigenvalue weighted by Gasteiger charge is 2.21. The van der Waals surface area contributed by atoms with Crippen LogP contribution >= 0.6 is 0 Å². The molecule has 4 heteroatoms. The van der Waals surface area contributed by atoms with Crippen LogP contribution in [0, 0.1) is 11.8 Å². The molecule has 1 saturated carbocycles. The van der Waals surface area contributed by atoms with Crippen molar-refractivity contribution < 1.29 is 0 Å². The molecule has 7 N–H and O–H groups in total. The Balaban J connectivity index is 0.000000293. The fourth-order valence-electron chi connectivity index (χ4n) is 2.02. The lowest BCUT2D eigenvalue weighted by atomic mass is 9.80. The van der Waals surface area contributed by atoms with Crippen molar-refractivity contribution in [3.8, 4) is 0 Å². The van der Waals surface area contributed by atoms with Crippen molar-refractivity contribution in [3.05, 3.63) is 0 Å². The van der Waals surface area contributed by atoms with Crippen molar-refractivity contribution in [2.24, 2.45) is 29.0 Å². The van der Waals surface area contributed by atoms with Crippen LogP contribution in [0.2, 0.25) is 0 Å². The maximum atomic E-state index is 5.84. The molecule has 0 radical (unpaired) electrons. The molecular weight excluding hydrogens is 200 g/mol. The highest BCUT2D eigenvalue weighted by Crippen LogP contribution is 2.26. The molecule has 98 valence electrons. The van der Waals surface area contributed by atoms with Crippen LogP contribution in [0.25, 0.3) is 0 Å². The van der Waals surface area contributed by atoms with Gasteiger partial charge in [-0.1, -0.05) is 13.8 Å². The Labute approximate surface area is 100 Å². The third-order valence-electron chi connectivity index (χ3n) is 3.14. The second-order valence-corrected chi connectivity index (χ2v) is 4.89. The van der Waals surface area contributed by atoms with Crippen molar-refractivity contribution in [2.45, 2.75) is 39.2 Å². The quantitative estimate of drug-likeness (QED) is 0.522. The van der Waals surface area contributed by atoms with Gasteiger partial charge in [-0.3, -0.25) is 0 Å². The monoisotopic (exact) mass is 230 g/mol. The summed E-state index contributed by atoms with van der Waals surface area (Å²) in [6.45, 7) is 7.72. The molecule has 0 aromatic carbocycles. The summed E-state index contributed by atoms with van der Waals surface area (Å²) in [5.41, 5.74) is 16.2. The zero-order valence-corrected chi connectivity index (χ0v) is 10.9. The minimum absolute atomic E-state index is 0.487. The van der Waals surface area contributed by atoms with Gasteiger partial charge in [-0.25, -0.2) is 0 Å². The van der Waals surface area contributed by atoms with E-state index in [1.807, 2.05) is 0 Å². The van der Waals surface area contributed by atoms with E-state index in [0.29, 0.717) is 19.1 Å². The van der Waals surface area contributed by atoms with E-state index in [0.717, 1.165) is 24.9 Å². The molecule has 0 aromatic heterocycles. The van der Waals surface area contributed by atoms with E-state index < -0.39 is 0 Å². The van der Waals surface area contributed by atoms with Crippen LogP contribution in [0.3, 0.4) is 0 Å². The zero-order chi connectivity index (χ0) is 12.4. The SMILES string of the molecule is CC1CCC(N)C(C)C1.NCCNCCN. The second kappa shape index (κ2) is 10.0. The molecule has 0 amide bonds. The van der Waals surface area contributed by atoms with E-state index in [-0.39, 0.29) is 0 Å². The Morgan fingerprint density at radius 2 is 1.62 bits per heavy atom. The van der Waals surface area contributed by atoms with Crippen LogP contribution in [0.5, 0.6) is 0 Å². The first-order valence-electron chi connectivity index (χ1n) is 6.48. The fourth-order valence-corrected chi connectivity index (χ4v) is 2.02. The molecule has 3 unspecified atom stereocenters. The van der Waals surface area contributed by atoms with Crippen LogP contribution in [0.15, 0.2) is 0 Å². The predicted octanol–water partition coefficient (Wildman–Crippen LogP) is 0.263. The van der Waals surface area contributed by atoms with E-state index in [1.165, 1.54) is 19.3 Å². The van der Waals surface area contributed by atoms with Crippen LogP contribution in [0.1, 0.15) is 33.1 Å². The lowest BCUT2D eigenvalue weighted by molar-refractivity contribution is 0.263. The van der Waals surface area contributed by atoms with Gasteiger partial charge >= 0.3 is 0 Å². The van der Waals surface area contributed by atoms with E-state index in [9.17, 15) is 0 Å². The maximum absolute atomic E-state index is 5.84. The molecule has 1 aliphatic rings. The minimum Gasteiger partial charge on any atom is -0.329 e. The average molecular weight is 230 g/mol. The Morgan fingerprint density at radius 1 is 1.06 bits per heavy atom. The average Bonchev–Trinajstić information content (AvgIpc) is 2.26. The van der Waals surface area contributed by atoms with Gasteiger partial charge in [-0.2, -0.15) is 0 Å². The highest BCUT2D eigenvalue weighted by molar-refractivity contribution is 4.77. The number of hydrogen-bond donors (Lipinski definition) is 4. The Morgan fingerprint density at radius 3 is 2.00 bits per heavy atom. The molecule has 0 aliphatic heterocycles. The minimum atomic E-state index is 0.487. The van der Waals surface area contributed by atoms with Crippen molar-refractivity contribution in [1.29, 1.82) is 0 Å². The number of nitrogens with one attached hydrogen (secondary N) is 1. The molecule has 0 saturated heterocycles. The summed E-state index contributed by atoms with van der Waals surface area (Å²) in [5.74, 6) is 1.67. The fraction of sp³-hybridized carbons (Fsp3) is 1.00. The molecule has 1 rings (SSSR count). The van der Waals surface area contributed by atoms with Gasteiger partial charge in [0.2, 0.25) is 0 Å². The number of rotatable bonds is 4. The van der Waals surface area contributed by atoms with Crippen LogP contribution in [0.4, 0.5) is 0 Å². The smallest absolute Gasteiger partial charge is 0.00750 e. The Kier molecular flexibility index (Phi) is 9.92. The molecule has 0 bridgehead atoms. The largest absolute Gasteiger partial charge is 0.329 e. The van der Waals surface area contributed by atoms with Gasteiger partial charge in [-0.15, -0.1) is 0 Å². The van der Waals surface area contributed by atoms with Crippen LogP contribution in [-0.4, -0.2) is 32.2 Å². The lowest BCUT2D eigenvalue weighted by Crippen LogP contribution is -2.33. The first kappa shape index (κ1) is 15.8. The molecule has 1 aliphatic carbocycles. The normalized spacial score (nSPS) is 29.4. The van der Waals surface area contributed by atoms with Gasteiger partial charge < -0.3 is 22.5 Å². The van der Waals surface area contributed by atoms with Gasteiger partial charge in [0.1, 0.15) is 0 Å². The molecular formula is C12H30N4. The lowest BCUT2D eigenvalue weighted by Gasteiger charge is -2.29. The van der Waals surface area contributed by atoms with Crippen molar-refractivity contribution in [1.82, 2.24) is 5.32 Å². The molecule has 16 heavy (non-hydrogen) atoms. The summed E-state index contributed by atoms with van der Waals surface area (Å²) in [7, 11) is 0. The number of nitrogens with two attached hydrogens (primary N) is 3. The molecule has 4 nitrogen and oxygen atoms in total.